The lowest BCUT2D eigenvalue weighted by molar-refractivity contribution is -0.384. The minimum atomic E-state index is -1.86. The van der Waals surface area contributed by atoms with Gasteiger partial charge in [-0.3, -0.25) is 15.1 Å². The molecule has 1 unspecified atom stereocenters. The highest BCUT2D eigenvalue weighted by atomic mass is 16.6. The first-order valence-electron chi connectivity index (χ1n) is 22.4. The van der Waals surface area contributed by atoms with Crippen molar-refractivity contribution >= 4 is 11.9 Å². The molecule has 8 nitrogen and oxygen atoms in total. The number of aliphatic hydroxyl groups is 1. The van der Waals surface area contributed by atoms with Crippen LogP contribution in [0.15, 0.2) is 89.9 Å². The van der Waals surface area contributed by atoms with Crippen molar-refractivity contribution in [1.82, 2.24) is 0 Å². The first-order valence-corrected chi connectivity index (χ1v) is 22.4. The van der Waals surface area contributed by atoms with Crippen LogP contribution in [0.2, 0.25) is 0 Å². The summed E-state index contributed by atoms with van der Waals surface area (Å²) in [6.07, 6.45) is 15.1. The van der Waals surface area contributed by atoms with Gasteiger partial charge < -0.3 is 19.7 Å². The van der Waals surface area contributed by atoms with Gasteiger partial charge in [0.25, 0.3) is 5.69 Å². The molecule has 0 amide bonds. The molecule has 0 fully saturated rings. The molecule has 4 aromatic carbocycles. The fraction of sp³-hybridized carbons (Fsp3) is 0.519. The first-order chi connectivity index (χ1) is 28.6. The molecule has 0 radical (unpaired) electrons. The molecule has 1 atom stereocenters. The van der Waals surface area contributed by atoms with Gasteiger partial charge in [0.15, 0.2) is 0 Å². The largest absolute Gasteiger partial charge is 0.507 e. The van der Waals surface area contributed by atoms with Crippen molar-refractivity contribution in [2.75, 3.05) is 13.2 Å². The Bertz CT molecular complexity index is 1880. The zero-order valence-electron chi connectivity index (χ0n) is 37.8. The van der Waals surface area contributed by atoms with E-state index in [0.29, 0.717) is 35.8 Å². The molecule has 0 aliphatic heterocycles. The zero-order chi connectivity index (χ0) is 43.8. The zero-order valence-corrected chi connectivity index (χ0v) is 37.8. The van der Waals surface area contributed by atoms with Crippen LogP contribution in [-0.4, -0.2) is 40.6 Å². The molecule has 0 aliphatic carbocycles. The maximum atomic E-state index is 14.3. The third kappa shape index (κ3) is 13.7. The third-order valence-corrected chi connectivity index (χ3v) is 11.4. The van der Waals surface area contributed by atoms with Gasteiger partial charge in [-0.15, -0.1) is 0 Å². The van der Waals surface area contributed by atoms with Crippen molar-refractivity contribution in [2.24, 2.45) is 4.99 Å². The molecule has 2 N–H and O–H groups in total. The van der Waals surface area contributed by atoms with Crippen molar-refractivity contribution in [1.29, 1.82) is 0 Å². The van der Waals surface area contributed by atoms with E-state index < -0.39 is 16.6 Å². The number of non-ortho nitro benzene ring substituents is 1. The molecule has 0 bridgehead atoms. The van der Waals surface area contributed by atoms with E-state index in [2.05, 4.69) is 79.7 Å². The number of nitro groups is 1. The van der Waals surface area contributed by atoms with Crippen LogP contribution in [0.4, 0.5) is 5.69 Å². The van der Waals surface area contributed by atoms with Crippen LogP contribution < -0.4 is 9.47 Å². The van der Waals surface area contributed by atoms with Crippen LogP contribution in [0.25, 0.3) is 0 Å². The summed E-state index contributed by atoms with van der Waals surface area (Å²) < 4.78 is 13.4. The average Bonchev–Trinajstić information content (AvgIpc) is 3.21. The number of unbranched alkanes of at least 4 members (excludes halogenated alkanes) is 10. The van der Waals surface area contributed by atoms with E-state index in [9.17, 15) is 20.3 Å². The molecule has 326 valence electrons. The minimum absolute atomic E-state index is 0.151. The maximum Gasteiger partial charge on any atom is 0.270 e. The summed E-state index contributed by atoms with van der Waals surface area (Å²) >= 11 is 0. The molecule has 0 aromatic heterocycles. The summed E-state index contributed by atoms with van der Waals surface area (Å²) in [5.41, 5.74) is 1.70. The maximum absolute atomic E-state index is 14.3. The van der Waals surface area contributed by atoms with Gasteiger partial charge in [-0.2, -0.15) is 0 Å². The number of aliphatic imine (C=N–C) groups is 1. The summed E-state index contributed by atoms with van der Waals surface area (Å²) in [5.74, 6) is 0.976. The Labute approximate surface area is 360 Å². The molecule has 60 heavy (non-hydrogen) atoms. The molecule has 4 aromatic rings. The van der Waals surface area contributed by atoms with Crippen LogP contribution >= 0.6 is 0 Å². The predicted octanol–water partition coefficient (Wildman–Crippen LogP) is 13.3. The predicted molar refractivity (Wildman–Crippen MR) is 247 cm³/mol. The second-order valence-electron chi connectivity index (χ2n) is 18.4. The lowest BCUT2D eigenvalue weighted by Gasteiger charge is -2.39. The number of nitro benzene ring substituents is 1. The molecule has 8 heteroatoms. The SMILES string of the molecule is CCCCCCCCOc1ccc(C(C)(C)C)cc1C(O)(c1cc(C(C)(C)C)ccc1OCCCCCCCC)C(Cc1ccccc1)N=Cc1cc([N+](=O)[O-])ccc1O. The minimum Gasteiger partial charge on any atom is -0.507 e. The number of benzene rings is 4. The highest BCUT2D eigenvalue weighted by molar-refractivity contribution is 5.84. The quantitative estimate of drug-likeness (QED) is 0.0315. The number of rotatable bonds is 24. The van der Waals surface area contributed by atoms with Crippen molar-refractivity contribution in [3.05, 3.63) is 128 Å². The van der Waals surface area contributed by atoms with Gasteiger partial charge in [-0.1, -0.05) is 162 Å². The fourth-order valence-electron chi connectivity index (χ4n) is 7.55. The summed E-state index contributed by atoms with van der Waals surface area (Å²) in [5, 5.41) is 37.1. The highest BCUT2D eigenvalue weighted by Crippen LogP contribution is 2.47. The number of phenolic OH excluding ortho intramolecular Hbond substituents is 1. The van der Waals surface area contributed by atoms with Gasteiger partial charge in [0.1, 0.15) is 22.8 Å². The van der Waals surface area contributed by atoms with E-state index >= 15 is 0 Å². The summed E-state index contributed by atoms with van der Waals surface area (Å²) in [6.45, 7) is 18.3. The Kier molecular flexibility index (Phi) is 18.2. The Hall–Kier alpha value is -4.69. The monoisotopic (exact) mass is 821 g/mol. The molecule has 0 heterocycles. The summed E-state index contributed by atoms with van der Waals surface area (Å²) in [4.78, 5) is 16.5. The molecule has 0 spiro atoms. The normalized spacial score (nSPS) is 12.8. The van der Waals surface area contributed by atoms with E-state index in [1.165, 1.54) is 62.9 Å². The van der Waals surface area contributed by atoms with Gasteiger partial charge in [0, 0.05) is 35.0 Å². The van der Waals surface area contributed by atoms with Crippen molar-refractivity contribution in [3.63, 3.8) is 0 Å². The standard InChI is InChI=1S/C52H72N2O6/c1-9-11-13-15-17-22-32-59-47-30-26-41(50(3,4)5)36-44(47)52(56,45-37-42(51(6,7)8)27-31-48(45)60-33-23-18-16-14-12-10-2)49(34-39-24-20-19-21-25-39)53-38-40-35-43(54(57)58)28-29-46(40)55/h19-21,24-31,35-38,49,55-56H,9-18,22-23,32-34H2,1-8H3. The van der Waals surface area contributed by atoms with E-state index in [4.69, 9.17) is 14.5 Å². The third-order valence-electron chi connectivity index (χ3n) is 11.4. The fourth-order valence-corrected chi connectivity index (χ4v) is 7.55. The highest BCUT2D eigenvalue weighted by Gasteiger charge is 2.46. The number of nitrogens with zero attached hydrogens (tertiary/aromatic N) is 2. The van der Waals surface area contributed by atoms with Crippen molar-refractivity contribution < 1.29 is 24.6 Å². The van der Waals surface area contributed by atoms with E-state index in [1.807, 2.05) is 42.5 Å². The average molecular weight is 821 g/mol. The van der Waals surface area contributed by atoms with Crippen LogP contribution in [0.5, 0.6) is 17.2 Å². The van der Waals surface area contributed by atoms with Crippen LogP contribution in [0.3, 0.4) is 0 Å². The number of hydrogen-bond donors (Lipinski definition) is 2. The molecule has 4 rings (SSSR count). The lowest BCUT2D eigenvalue weighted by Crippen LogP contribution is -2.42. The van der Waals surface area contributed by atoms with E-state index in [-0.39, 0.29) is 34.3 Å². The Morgan fingerprint density at radius 3 is 1.62 bits per heavy atom. The lowest BCUT2D eigenvalue weighted by atomic mass is 9.73. The second kappa shape index (κ2) is 22.8. The Balaban J connectivity index is 2.02. The summed E-state index contributed by atoms with van der Waals surface area (Å²) in [7, 11) is 0. The number of aromatic hydroxyl groups is 1. The van der Waals surface area contributed by atoms with E-state index in [0.717, 1.165) is 55.2 Å². The van der Waals surface area contributed by atoms with Gasteiger partial charge >= 0.3 is 0 Å². The molecule has 0 saturated carbocycles. The second-order valence-corrected chi connectivity index (χ2v) is 18.4. The van der Waals surface area contributed by atoms with Crippen LogP contribution in [-0.2, 0) is 22.9 Å². The van der Waals surface area contributed by atoms with Gasteiger partial charge in [-0.25, -0.2) is 0 Å². The van der Waals surface area contributed by atoms with Crippen molar-refractivity contribution in [2.45, 2.75) is 161 Å². The Morgan fingerprint density at radius 1 is 0.667 bits per heavy atom. The Morgan fingerprint density at radius 2 is 1.15 bits per heavy atom. The molecular weight excluding hydrogens is 749 g/mol. The van der Waals surface area contributed by atoms with Crippen LogP contribution in [0, 0.1) is 10.1 Å². The smallest absolute Gasteiger partial charge is 0.270 e. The molecular formula is C52H72N2O6. The number of phenols is 1. The molecule has 0 saturated heterocycles. The molecule has 0 aliphatic rings. The summed E-state index contributed by atoms with van der Waals surface area (Å²) in [6, 6.07) is 25.1. The van der Waals surface area contributed by atoms with Gasteiger partial charge in [0.05, 0.1) is 24.2 Å². The first kappa shape index (κ1) is 48.0. The topological polar surface area (TPSA) is 114 Å². The van der Waals surface area contributed by atoms with Crippen LogP contribution in [0.1, 0.15) is 166 Å². The van der Waals surface area contributed by atoms with Gasteiger partial charge in [-0.05, 0) is 77.1 Å². The number of hydrogen-bond acceptors (Lipinski definition) is 7. The van der Waals surface area contributed by atoms with Gasteiger partial charge in [0.2, 0.25) is 0 Å². The number of ether oxygens (including phenoxy) is 2. The van der Waals surface area contributed by atoms with Crippen molar-refractivity contribution in [3.8, 4) is 17.2 Å². The van der Waals surface area contributed by atoms with E-state index in [1.54, 1.807) is 0 Å².